The van der Waals surface area contributed by atoms with Crippen LogP contribution in [0.1, 0.15) is 27.2 Å². The second-order valence-corrected chi connectivity index (χ2v) is 11.4. The van der Waals surface area contributed by atoms with Crippen LogP contribution >= 0.6 is 0 Å². The molecule has 0 radical (unpaired) electrons. The fraction of sp³-hybridized carbons (Fsp3) is 0.346. The van der Waals surface area contributed by atoms with E-state index in [1.165, 1.54) is 0 Å². The van der Waals surface area contributed by atoms with Gasteiger partial charge in [-0.25, -0.2) is 8.42 Å². The molecule has 0 spiro atoms. The summed E-state index contributed by atoms with van der Waals surface area (Å²) in [5.74, 6) is 0.209. The van der Waals surface area contributed by atoms with Gasteiger partial charge >= 0.3 is 0 Å². The average Bonchev–Trinajstić information content (AvgIpc) is 2.78. The van der Waals surface area contributed by atoms with Gasteiger partial charge < -0.3 is 9.80 Å². The summed E-state index contributed by atoms with van der Waals surface area (Å²) in [7, 11) is -3.68. The zero-order chi connectivity index (χ0) is 23.6. The predicted octanol–water partition coefficient (Wildman–Crippen LogP) is 4.73. The van der Waals surface area contributed by atoms with E-state index in [1.807, 2.05) is 47.4 Å². The summed E-state index contributed by atoms with van der Waals surface area (Å²) in [4.78, 5) is 16.9. The van der Waals surface area contributed by atoms with Gasteiger partial charge in [-0.15, -0.1) is 0 Å². The van der Waals surface area contributed by atoms with E-state index >= 15 is 0 Å². The maximum absolute atomic E-state index is 12.9. The molecule has 7 heteroatoms. The summed E-state index contributed by atoms with van der Waals surface area (Å²) in [6, 6.07) is 20.2. The Balaban J connectivity index is 1.39. The number of sulfonamides is 1. The Bertz CT molecular complexity index is 1240. The third-order valence-corrected chi connectivity index (χ3v) is 7.21. The van der Waals surface area contributed by atoms with Crippen molar-refractivity contribution in [3.63, 3.8) is 0 Å². The van der Waals surface area contributed by atoms with Crippen LogP contribution in [0.25, 0.3) is 10.8 Å². The first-order valence-electron chi connectivity index (χ1n) is 11.3. The number of benzene rings is 3. The van der Waals surface area contributed by atoms with Gasteiger partial charge in [0.05, 0.1) is 4.90 Å². The molecule has 4 rings (SSSR count). The van der Waals surface area contributed by atoms with Crippen LogP contribution in [0.15, 0.2) is 71.6 Å². The molecule has 174 valence electrons. The Hall–Kier alpha value is -3.06. The van der Waals surface area contributed by atoms with Crippen LogP contribution in [0.2, 0.25) is 0 Å². The van der Waals surface area contributed by atoms with Crippen molar-refractivity contribution in [1.82, 2.24) is 4.90 Å². The van der Waals surface area contributed by atoms with Gasteiger partial charge in [0.1, 0.15) is 0 Å². The molecule has 33 heavy (non-hydrogen) atoms. The lowest BCUT2D eigenvalue weighted by molar-refractivity contribution is -0.133. The van der Waals surface area contributed by atoms with Gasteiger partial charge in [-0.3, -0.25) is 9.52 Å². The largest absolute Gasteiger partial charge is 0.368 e. The minimum absolute atomic E-state index is 0.00969. The number of rotatable bonds is 5. The minimum Gasteiger partial charge on any atom is -0.368 e. The number of piperazine rings is 1. The zero-order valence-corrected chi connectivity index (χ0v) is 20.2. The highest BCUT2D eigenvalue weighted by Gasteiger charge is 2.25. The van der Waals surface area contributed by atoms with Crippen molar-refractivity contribution >= 4 is 38.1 Å². The molecule has 1 saturated heterocycles. The summed E-state index contributed by atoms with van der Waals surface area (Å²) >= 11 is 0. The molecule has 1 aliphatic rings. The smallest absolute Gasteiger partial charge is 0.261 e. The van der Waals surface area contributed by atoms with Gasteiger partial charge in [-0.2, -0.15) is 0 Å². The highest BCUT2D eigenvalue weighted by Crippen LogP contribution is 2.25. The molecule has 3 aromatic carbocycles. The number of fused-ring (bicyclic) bond motifs is 1. The lowest BCUT2D eigenvalue weighted by Gasteiger charge is -2.37. The summed E-state index contributed by atoms with van der Waals surface area (Å²) in [5.41, 5.74) is 1.53. The molecule has 6 nitrogen and oxygen atoms in total. The van der Waals surface area contributed by atoms with E-state index in [1.54, 1.807) is 24.3 Å². The van der Waals surface area contributed by atoms with Gasteiger partial charge in [-0.1, -0.05) is 51.1 Å². The zero-order valence-electron chi connectivity index (χ0n) is 19.4. The van der Waals surface area contributed by atoms with E-state index in [-0.39, 0.29) is 16.2 Å². The lowest BCUT2D eigenvalue weighted by atomic mass is 9.91. The van der Waals surface area contributed by atoms with Crippen LogP contribution in [0.4, 0.5) is 11.4 Å². The van der Waals surface area contributed by atoms with Crippen molar-refractivity contribution in [2.75, 3.05) is 35.8 Å². The molecule has 1 fully saturated rings. The number of carbonyl (C=O) groups is 1. The predicted molar refractivity (Wildman–Crippen MR) is 134 cm³/mol. The lowest BCUT2D eigenvalue weighted by Crippen LogP contribution is -2.49. The third kappa shape index (κ3) is 5.66. The van der Waals surface area contributed by atoms with Gasteiger partial charge in [0.2, 0.25) is 5.91 Å². The molecule has 0 atom stereocenters. The monoisotopic (exact) mass is 465 g/mol. The molecule has 1 aliphatic heterocycles. The Morgan fingerprint density at radius 3 is 2.15 bits per heavy atom. The fourth-order valence-electron chi connectivity index (χ4n) is 4.07. The summed E-state index contributed by atoms with van der Waals surface area (Å²) in [6.07, 6.45) is 0.555. The molecule has 0 aliphatic carbocycles. The summed E-state index contributed by atoms with van der Waals surface area (Å²) in [5, 5.41) is 1.89. The molecule has 0 saturated carbocycles. The number of hydrogen-bond donors (Lipinski definition) is 1. The van der Waals surface area contributed by atoms with Crippen LogP contribution < -0.4 is 9.62 Å². The SMILES string of the molecule is CC(C)(C)CC(=O)N1CCN(c2ccc(NS(=O)(=O)c3ccc4ccccc4c3)cc2)CC1. The molecular weight excluding hydrogens is 434 g/mol. The standard InChI is InChI=1S/C26H31N3O3S/c1-26(2,3)19-25(30)29-16-14-28(15-17-29)23-11-9-22(10-12-23)27-33(31,32)24-13-8-20-6-4-5-7-21(20)18-24/h4-13,18,27H,14-17,19H2,1-3H3. The highest BCUT2D eigenvalue weighted by atomic mass is 32.2. The minimum atomic E-state index is -3.68. The first kappa shape index (κ1) is 23.1. The molecule has 1 amide bonds. The number of amides is 1. The van der Waals surface area contributed by atoms with E-state index in [0.717, 1.165) is 29.5 Å². The van der Waals surface area contributed by atoms with Crippen LogP contribution in [-0.2, 0) is 14.8 Å². The van der Waals surface area contributed by atoms with Crippen molar-refractivity contribution in [3.8, 4) is 0 Å². The van der Waals surface area contributed by atoms with Gasteiger partial charge in [0.25, 0.3) is 10.0 Å². The van der Waals surface area contributed by atoms with Gasteiger partial charge in [0, 0.05) is 44.0 Å². The van der Waals surface area contributed by atoms with Crippen molar-refractivity contribution in [2.24, 2.45) is 5.41 Å². The normalized spacial score (nSPS) is 15.0. The Labute approximate surface area is 196 Å². The molecule has 1 N–H and O–H groups in total. The van der Waals surface area contributed by atoms with E-state index < -0.39 is 10.0 Å². The van der Waals surface area contributed by atoms with Crippen molar-refractivity contribution < 1.29 is 13.2 Å². The van der Waals surface area contributed by atoms with Crippen LogP contribution in [0.5, 0.6) is 0 Å². The molecule has 0 bridgehead atoms. The number of carbonyl (C=O) groups excluding carboxylic acids is 1. The first-order chi connectivity index (χ1) is 15.6. The van der Waals surface area contributed by atoms with E-state index in [4.69, 9.17) is 0 Å². The van der Waals surface area contributed by atoms with Crippen LogP contribution in [-0.4, -0.2) is 45.4 Å². The first-order valence-corrected chi connectivity index (χ1v) is 12.7. The quantitative estimate of drug-likeness (QED) is 0.592. The molecule has 3 aromatic rings. The second-order valence-electron chi connectivity index (χ2n) is 9.77. The Kier molecular flexibility index (Phi) is 6.34. The van der Waals surface area contributed by atoms with Crippen molar-refractivity contribution in [2.45, 2.75) is 32.1 Å². The topological polar surface area (TPSA) is 69.7 Å². The van der Waals surface area contributed by atoms with Gasteiger partial charge in [-0.05, 0) is 52.6 Å². The van der Waals surface area contributed by atoms with Crippen molar-refractivity contribution in [3.05, 3.63) is 66.7 Å². The van der Waals surface area contributed by atoms with E-state index in [9.17, 15) is 13.2 Å². The number of nitrogens with one attached hydrogen (secondary N) is 1. The highest BCUT2D eigenvalue weighted by molar-refractivity contribution is 7.92. The Morgan fingerprint density at radius 1 is 0.879 bits per heavy atom. The number of hydrogen-bond acceptors (Lipinski definition) is 4. The summed E-state index contributed by atoms with van der Waals surface area (Å²) < 4.78 is 28.4. The molecular formula is C26H31N3O3S. The van der Waals surface area contributed by atoms with Crippen LogP contribution in [0.3, 0.4) is 0 Å². The third-order valence-electron chi connectivity index (χ3n) is 5.83. The molecule has 0 unspecified atom stereocenters. The fourth-order valence-corrected chi connectivity index (χ4v) is 5.16. The van der Waals surface area contributed by atoms with E-state index in [2.05, 4.69) is 30.4 Å². The summed E-state index contributed by atoms with van der Waals surface area (Å²) in [6.45, 7) is 9.16. The number of anilines is 2. The Morgan fingerprint density at radius 2 is 1.52 bits per heavy atom. The molecule has 0 aromatic heterocycles. The van der Waals surface area contributed by atoms with Gasteiger partial charge in [0.15, 0.2) is 0 Å². The second kappa shape index (κ2) is 9.06. The van der Waals surface area contributed by atoms with Crippen molar-refractivity contribution in [1.29, 1.82) is 0 Å². The number of nitrogens with zero attached hydrogens (tertiary/aromatic N) is 2. The maximum atomic E-state index is 12.9. The average molecular weight is 466 g/mol. The van der Waals surface area contributed by atoms with Crippen LogP contribution in [0, 0.1) is 5.41 Å². The van der Waals surface area contributed by atoms with E-state index in [0.29, 0.717) is 25.2 Å². The maximum Gasteiger partial charge on any atom is 0.261 e. The molecule has 1 heterocycles.